The lowest BCUT2D eigenvalue weighted by molar-refractivity contribution is -0.134. The molecule has 2 fully saturated rings. The SMILES string of the molecule is CN1CCN(CC(=O)N2C[CH]C2)CC1. The van der Waals surface area contributed by atoms with Gasteiger partial charge in [-0.05, 0) is 7.05 Å². The number of amides is 1. The van der Waals surface area contributed by atoms with E-state index in [-0.39, 0.29) is 5.91 Å². The van der Waals surface area contributed by atoms with Crippen LogP contribution in [0.1, 0.15) is 0 Å². The summed E-state index contributed by atoms with van der Waals surface area (Å²) in [5.74, 6) is 0.289. The first-order valence-corrected chi connectivity index (χ1v) is 5.26. The van der Waals surface area contributed by atoms with Crippen molar-refractivity contribution >= 4 is 5.91 Å². The van der Waals surface area contributed by atoms with Gasteiger partial charge in [0.15, 0.2) is 0 Å². The standard InChI is InChI=1S/C10H18N3O/c1-11-5-7-12(8-6-11)9-10(14)13-3-2-4-13/h2H,3-9H2,1H3. The maximum absolute atomic E-state index is 11.6. The van der Waals surface area contributed by atoms with Crippen LogP contribution >= 0.6 is 0 Å². The summed E-state index contributed by atoms with van der Waals surface area (Å²) in [6, 6.07) is 0. The molecular weight excluding hydrogens is 178 g/mol. The summed E-state index contributed by atoms with van der Waals surface area (Å²) in [7, 11) is 2.13. The van der Waals surface area contributed by atoms with E-state index in [2.05, 4.69) is 23.3 Å². The second kappa shape index (κ2) is 4.28. The Kier molecular flexibility index (Phi) is 3.03. The minimum Gasteiger partial charge on any atom is -0.341 e. The molecular formula is C10H18N3O. The van der Waals surface area contributed by atoms with Gasteiger partial charge in [0, 0.05) is 45.7 Å². The second-order valence-electron chi connectivity index (χ2n) is 4.17. The molecule has 2 aliphatic rings. The van der Waals surface area contributed by atoms with Crippen LogP contribution in [-0.2, 0) is 4.79 Å². The van der Waals surface area contributed by atoms with Gasteiger partial charge in [0.05, 0.1) is 6.54 Å². The van der Waals surface area contributed by atoms with E-state index >= 15 is 0 Å². The molecule has 79 valence electrons. The van der Waals surface area contributed by atoms with E-state index in [0.29, 0.717) is 6.54 Å². The summed E-state index contributed by atoms with van der Waals surface area (Å²) >= 11 is 0. The monoisotopic (exact) mass is 196 g/mol. The third-order valence-corrected chi connectivity index (χ3v) is 3.01. The van der Waals surface area contributed by atoms with E-state index < -0.39 is 0 Å². The van der Waals surface area contributed by atoms with Crippen LogP contribution in [0.3, 0.4) is 0 Å². The number of piperazine rings is 1. The summed E-state index contributed by atoms with van der Waals surface area (Å²) in [5.41, 5.74) is 0. The van der Waals surface area contributed by atoms with Gasteiger partial charge in [-0.2, -0.15) is 0 Å². The van der Waals surface area contributed by atoms with E-state index in [9.17, 15) is 4.79 Å². The van der Waals surface area contributed by atoms with Crippen LogP contribution in [0, 0.1) is 6.42 Å². The summed E-state index contributed by atoms with van der Waals surface area (Å²) in [6.45, 7) is 6.54. The van der Waals surface area contributed by atoms with Crippen molar-refractivity contribution in [1.82, 2.24) is 14.7 Å². The van der Waals surface area contributed by atoms with Gasteiger partial charge in [-0.15, -0.1) is 0 Å². The average Bonchev–Trinajstić information content (AvgIpc) is 2.06. The fraction of sp³-hybridized carbons (Fsp3) is 0.800. The first kappa shape index (κ1) is 9.93. The average molecular weight is 196 g/mol. The first-order chi connectivity index (χ1) is 6.75. The van der Waals surface area contributed by atoms with Gasteiger partial charge in [0.1, 0.15) is 0 Å². The molecule has 0 aromatic rings. The molecule has 2 saturated heterocycles. The molecule has 0 atom stereocenters. The Morgan fingerprint density at radius 2 is 1.86 bits per heavy atom. The highest BCUT2D eigenvalue weighted by molar-refractivity contribution is 5.79. The van der Waals surface area contributed by atoms with Crippen LogP contribution in [0.25, 0.3) is 0 Å². The van der Waals surface area contributed by atoms with E-state index in [1.165, 1.54) is 0 Å². The number of carbonyl (C=O) groups excluding carboxylic acids is 1. The van der Waals surface area contributed by atoms with Crippen molar-refractivity contribution in [2.75, 3.05) is 52.9 Å². The summed E-state index contributed by atoms with van der Waals surface area (Å²) in [4.78, 5) is 18.1. The topological polar surface area (TPSA) is 26.8 Å². The zero-order chi connectivity index (χ0) is 9.97. The van der Waals surface area contributed by atoms with E-state index in [1.54, 1.807) is 0 Å². The second-order valence-corrected chi connectivity index (χ2v) is 4.17. The molecule has 0 N–H and O–H groups in total. The molecule has 2 aliphatic heterocycles. The molecule has 0 saturated carbocycles. The maximum Gasteiger partial charge on any atom is 0.236 e. The molecule has 0 aromatic heterocycles. The van der Waals surface area contributed by atoms with Crippen molar-refractivity contribution < 1.29 is 4.79 Å². The number of likely N-dealkylation sites (N-methyl/N-ethyl adjacent to an activating group) is 1. The number of carbonyl (C=O) groups is 1. The number of rotatable bonds is 2. The number of hydrogen-bond acceptors (Lipinski definition) is 3. The van der Waals surface area contributed by atoms with Crippen molar-refractivity contribution in [3.05, 3.63) is 6.42 Å². The number of likely N-dealkylation sites (tertiary alicyclic amines) is 1. The van der Waals surface area contributed by atoms with Crippen molar-refractivity contribution in [2.45, 2.75) is 0 Å². The molecule has 0 aliphatic carbocycles. The van der Waals surface area contributed by atoms with E-state index in [1.807, 2.05) is 4.90 Å². The molecule has 1 amide bonds. The smallest absolute Gasteiger partial charge is 0.236 e. The lowest BCUT2D eigenvalue weighted by Crippen LogP contribution is -2.51. The highest BCUT2D eigenvalue weighted by Crippen LogP contribution is 2.06. The Labute approximate surface area is 85.5 Å². The van der Waals surface area contributed by atoms with Crippen LogP contribution in [-0.4, -0.2) is 73.5 Å². The fourth-order valence-corrected chi connectivity index (χ4v) is 1.76. The van der Waals surface area contributed by atoms with Crippen LogP contribution in [0.4, 0.5) is 0 Å². The van der Waals surface area contributed by atoms with Gasteiger partial charge in [0.25, 0.3) is 0 Å². The molecule has 0 bridgehead atoms. The van der Waals surface area contributed by atoms with Gasteiger partial charge in [-0.1, -0.05) is 0 Å². The minimum absolute atomic E-state index is 0.289. The Morgan fingerprint density at radius 3 is 2.36 bits per heavy atom. The van der Waals surface area contributed by atoms with Crippen molar-refractivity contribution in [2.24, 2.45) is 0 Å². The largest absolute Gasteiger partial charge is 0.341 e. The molecule has 4 heteroatoms. The molecule has 4 nitrogen and oxygen atoms in total. The molecule has 2 heterocycles. The van der Waals surface area contributed by atoms with Crippen molar-refractivity contribution in [3.63, 3.8) is 0 Å². The van der Waals surface area contributed by atoms with Gasteiger partial charge >= 0.3 is 0 Å². The first-order valence-electron chi connectivity index (χ1n) is 5.26. The molecule has 0 unspecified atom stereocenters. The van der Waals surface area contributed by atoms with Gasteiger partial charge < -0.3 is 9.80 Å². The van der Waals surface area contributed by atoms with Crippen LogP contribution in [0.5, 0.6) is 0 Å². The lowest BCUT2D eigenvalue weighted by atomic mass is 10.2. The summed E-state index contributed by atoms with van der Waals surface area (Å²) in [5, 5.41) is 0. The van der Waals surface area contributed by atoms with E-state index in [4.69, 9.17) is 0 Å². The predicted octanol–water partition coefficient (Wildman–Crippen LogP) is -0.720. The Balaban J connectivity index is 1.71. The number of nitrogens with zero attached hydrogens (tertiary/aromatic N) is 3. The third-order valence-electron chi connectivity index (χ3n) is 3.01. The van der Waals surface area contributed by atoms with Crippen molar-refractivity contribution in [1.29, 1.82) is 0 Å². The number of hydrogen-bond donors (Lipinski definition) is 0. The fourth-order valence-electron chi connectivity index (χ4n) is 1.76. The molecule has 0 aromatic carbocycles. The van der Waals surface area contributed by atoms with Gasteiger partial charge in [-0.25, -0.2) is 0 Å². The van der Waals surface area contributed by atoms with E-state index in [0.717, 1.165) is 39.3 Å². The quantitative estimate of drug-likeness (QED) is 0.583. The molecule has 0 spiro atoms. The Morgan fingerprint density at radius 1 is 1.21 bits per heavy atom. The van der Waals surface area contributed by atoms with Crippen LogP contribution < -0.4 is 0 Å². The molecule has 2 rings (SSSR count). The Hall–Kier alpha value is -0.610. The summed E-state index contributed by atoms with van der Waals surface area (Å²) in [6.07, 6.45) is 2.13. The predicted molar refractivity (Wildman–Crippen MR) is 54.8 cm³/mol. The highest BCUT2D eigenvalue weighted by Gasteiger charge is 2.23. The zero-order valence-corrected chi connectivity index (χ0v) is 8.78. The van der Waals surface area contributed by atoms with Gasteiger partial charge in [-0.3, -0.25) is 9.69 Å². The zero-order valence-electron chi connectivity index (χ0n) is 8.78. The molecule has 1 radical (unpaired) electrons. The minimum atomic E-state index is 0.289. The summed E-state index contributed by atoms with van der Waals surface area (Å²) < 4.78 is 0. The molecule has 14 heavy (non-hydrogen) atoms. The lowest BCUT2D eigenvalue weighted by Gasteiger charge is -2.36. The normalized spacial score (nSPS) is 24.8. The van der Waals surface area contributed by atoms with Crippen molar-refractivity contribution in [3.8, 4) is 0 Å². The van der Waals surface area contributed by atoms with Crippen LogP contribution in [0.2, 0.25) is 0 Å². The third kappa shape index (κ3) is 2.25. The Bertz CT molecular complexity index is 207. The van der Waals surface area contributed by atoms with Crippen LogP contribution in [0.15, 0.2) is 0 Å². The van der Waals surface area contributed by atoms with Gasteiger partial charge in [0.2, 0.25) is 5.91 Å². The highest BCUT2D eigenvalue weighted by atomic mass is 16.2. The maximum atomic E-state index is 11.6.